The van der Waals surface area contributed by atoms with Gasteiger partial charge in [0.25, 0.3) is 0 Å². The summed E-state index contributed by atoms with van der Waals surface area (Å²) in [5.74, 6) is 3.47. The molecule has 4 bridgehead atoms. The lowest BCUT2D eigenvalue weighted by atomic mass is 9.43. The predicted octanol–water partition coefficient (Wildman–Crippen LogP) is 12.4. The Morgan fingerprint density at radius 2 is 1.11 bits per heavy atom. The van der Waals surface area contributed by atoms with Crippen LogP contribution in [0, 0.1) is 23.7 Å². The number of hydrogen-bond acceptors (Lipinski definition) is 2. The van der Waals surface area contributed by atoms with Crippen LogP contribution in [0.2, 0.25) is 0 Å². The summed E-state index contributed by atoms with van der Waals surface area (Å²) in [6.07, 6.45) is 7.16. The molecule has 4 fully saturated rings. The highest BCUT2D eigenvalue weighted by Crippen LogP contribution is 2.69. The molecule has 12 rings (SSSR count). The van der Waals surface area contributed by atoms with Gasteiger partial charge in [0.05, 0.1) is 0 Å². The van der Waals surface area contributed by atoms with E-state index in [1.165, 1.54) is 91.2 Å². The molecular formula is C44H35NS. The van der Waals surface area contributed by atoms with E-state index in [1.807, 2.05) is 11.3 Å². The van der Waals surface area contributed by atoms with Crippen LogP contribution < -0.4 is 4.90 Å². The van der Waals surface area contributed by atoms with E-state index in [0.717, 1.165) is 23.7 Å². The Morgan fingerprint density at radius 1 is 0.478 bits per heavy atom. The Kier molecular flexibility index (Phi) is 5.22. The molecule has 0 unspecified atom stereocenters. The van der Waals surface area contributed by atoms with Crippen LogP contribution in [0.4, 0.5) is 17.1 Å². The van der Waals surface area contributed by atoms with Crippen LogP contribution in [0.5, 0.6) is 0 Å². The fourth-order valence-corrected chi connectivity index (χ4v) is 12.0. The van der Waals surface area contributed by atoms with E-state index in [9.17, 15) is 0 Å². The molecule has 1 nitrogen and oxygen atoms in total. The van der Waals surface area contributed by atoms with E-state index in [4.69, 9.17) is 0 Å². The summed E-state index contributed by atoms with van der Waals surface area (Å²) in [5, 5.41) is 5.24. The van der Waals surface area contributed by atoms with E-state index in [0.29, 0.717) is 0 Å². The van der Waals surface area contributed by atoms with Gasteiger partial charge in [-0.15, -0.1) is 11.3 Å². The van der Waals surface area contributed by atoms with Crippen molar-refractivity contribution >= 4 is 59.3 Å². The van der Waals surface area contributed by atoms with Gasteiger partial charge in [0.15, 0.2) is 0 Å². The molecule has 0 amide bonds. The SMILES string of the molecule is c1ccc2c(c1)-c1cc(N(c3ccc4ccccc4c3)c3ccc4c(c3)sc3ccccc34)ccc1C21C2CC3CC(C2)CC1C3. The van der Waals surface area contributed by atoms with E-state index in [-0.39, 0.29) is 5.41 Å². The molecule has 1 spiro atoms. The van der Waals surface area contributed by atoms with Crippen molar-refractivity contribution in [3.05, 3.63) is 139 Å². The first-order valence-electron chi connectivity index (χ1n) is 17.2. The molecule has 0 N–H and O–H groups in total. The normalized spacial score (nSPS) is 25.5. The second-order valence-electron chi connectivity index (χ2n) is 14.6. The van der Waals surface area contributed by atoms with E-state index in [2.05, 4.69) is 132 Å². The lowest BCUT2D eigenvalue weighted by molar-refractivity contribution is -0.0399. The fourth-order valence-electron chi connectivity index (χ4n) is 10.9. The number of nitrogens with zero attached hydrogens (tertiary/aromatic N) is 1. The van der Waals surface area contributed by atoms with E-state index in [1.54, 1.807) is 11.1 Å². The van der Waals surface area contributed by atoms with Gasteiger partial charge >= 0.3 is 0 Å². The molecule has 0 saturated heterocycles. The lowest BCUT2D eigenvalue weighted by Gasteiger charge is -2.61. The van der Waals surface area contributed by atoms with E-state index >= 15 is 0 Å². The summed E-state index contributed by atoms with van der Waals surface area (Å²) in [4.78, 5) is 2.50. The Morgan fingerprint density at radius 3 is 1.98 bits per heavy atom. The molecule has 4 saturated carbocycles. The van der Waals surface area contributed by atoms with Crippen LogP contribution in [-0.2, 0) is 5.41 Å². The first-order valence-corrected chi connectivity index (χ1v) is 18.0. The number of fused-ring (bicyclic) bond motifs is 7. The van der Waals surface area contributed by atoms with Crippen LogP contribution in [-0.4, -0.2) is 0 Å². The summed E-state index contributed by atoms with van der Waals surface area (Å²) in [6.45, 7) is 0. The van der Waals surface area contributed by atoms with Crippen molar-refractivity contribution in [2.24, 2.45) is 23.7 Å². The average Bonchev–Trinajstić information content (AvgIpc) is 3.60. The number of anilines is 3. The molecule has 0 atom stereocenters. The lowest BCUT2D eigenvalue weighted by Crippen LogP contribution is -2.55. The molecule has 6 aromatic carbocycles. The fraction of sp³-hybridized carbons (Fsp3) is 0.227. The van der Waals surface area contributed by atoms with Gasteiger partial charge in [0, 0.05) is 42.6 Å². The van der Waals surface area contributed by atoms with Gasteiger partial charge in [-0.25, -0.2) is 0 Å². The zero-order valence-corrected chi connectivity index (χ0v) is 26.6. The van der Waals surface area contributed by atoms with Crippen molar-refractivity contribution in [3.8, 4) is 11.1 Å². The summed E-state index contributed by atoms with van der Waals surface area (Å²) < 4.78 is 2.69. The van der Waals surface area contributed by atoms with Crippen LogP contribution in [0.25, 0.3) is 42.1 Å². The monoisotopic (exact) mass is 609 g/mol. The second-order valence-corrected chi connectivity index (χ2v) is 15.7. The van der Waals surface area contributed by atoms with Gasteiger partial charge in [0.1, 0.15) is 0 Å². The summed E-state index contributed by atoms with van der Waals surface area (Å²) in [6, 6.07) is 48.6. The first-order chi connectivity index (χ1) is 22.7. The van der Waals surface area contributed by atoms with Crippen molar-refractivity contribution in [1.29, 1.82) is 0 Å². The number of thiophene rings is 1. The third-order valence-electron chi connectivity index (χ3n) is 12.4. The maximum Gasteiger partial charge on any atom is 0.0476 e. The summed E-state index contributed by atoms with van der Waals surface area (Å²) in [7, 11) is 0. The maximum absolute atomic E-state index is 2.55. The third-order valence-corrected chi connectivity index (χ3v) is 13.5. The topological polar surface area (TPSA) is 3.24 Å². The minimum atomic E-state index is 0.196. The quantitative estimate of drug-likeness (QED) is 0.193. The van der Waals surface area contributed by atoms with Crippen LogP contribution in [0.15, 0.2) is 127 Å². The average molecular weight is 610 g/mol. The van der Waals surface area contributed by atoms with Gasteiger partial charge in [-0.1, -0.05) is 84.9 Å². The van der Waals surface area contributed by atoms with Crippen LogP contribution in [0.1, 0.15) is 43.2 Å². The first kappa shape index (κ1) is 25.8. The number of rotatable bonds is 3. The highest BCUT2D eigenvalue weighted by molar-refractivity contribution is 7.25. The Bertz CT molecular complexity index is 2330. The Labute approximate surface area is 274 Å². The molecule has 1 aromatic heterocycles. The molecule has 1 heterocycles. The van der Waals surface area contributed by atoms with Crippen LogP contribution in [0.3, 0.4) is 0 Å². The van der Waals surface area contributed by atoms with Crippen LogP contribution >= 0.6 is 11.3 Å². The molecule has 46 heavy (non-hydrogen) atoms. The van der Waals surface area contributed by atoms with Gasteiger partial charge in [-0.05, 0) is 131 Å². The van der Waals surface area contributed by atoms with Gasteiger partial charge in [-0.2, -0.15) is 0 Å². The van der Waals surface area contributed by atoms with Crippen molar-refractivity contribution < 1.29 is 0 Å². The van der Waals surface area contributed by atoms with Crippen molar-refractivity contribution in [3.63, 3.8) is 0 Å². The van der Waals surface area contributed by atoms with Gasteiger partial charge in [0.2, 0.25) is 0 Å². The smallest absolute Gasteiger partial charge is 0.0476 e. The molecule has 2 heteroatoms. The molecule has 0 radical (unpaired) electrons. The van der Waals surface area contributed by atoms with Crippen molar-refractivity contribution in [1.82, 2.24) is 0 Å². The largest absolute Gasteiger partial charge is 0.310 e. The highest BCUT2D eigenvalue weighted by Gasteiger charge is 2.61. The van der Waals surface area contributed by atoms with Gasteiger partial charge < -0.3 is 4.90 Å². The molecule has 7 aromatic rings. The summed E-state index contributed by atoms with van der Waals surface area (Å²) in [5.41, 5.74) is 10.0. The van der Waals surface area contributed by atoms with Crippen molar-refractivity contribution in [2.75, 3.05) is 4.90 Å². The van der Waals surface area contributed by atoms with Gasteiger partial charge in [-0.3, -0.25) is 0 Å². The maximum atomic E-state index is 2.55. The Hall–Kier alpha value is -4.40. The standard InChI is InChI=1S/C44H35NS/c1-2-8-30-24-33(14-13-29(30)7-1)45(35-15-17-38-37-10-4-6-12-42(37)46-43(38)26-35)34-16-18-41-39(25-34)36-9-3-5-11-40(36)44(41)31-20-27-19-28(22-31)23-32(44)21-27/h1-18,24-28,31-32H,19-23H2. The molecule has 5 aliphatic rings. The highest BCUT2D eigenvalue weighted by atomic mass is 32.1. The number of benzene rings is 6. The molecule has 0 aliphatic heterocycles. The zero-order valence-electron chi connectivity index (χ0n) is 25.8. The van der Waals surface area contributed by atoms with Crippen molar-refractivity contribution in [2.45, 2.75) is 37.5 Å². The minimum absolute atomic E-state index is 0.196. The molecule has 5 aliphatic carbocycles. The third kappa shape index (κ3) is 3.41. The summed E-state index contributed by atoms with van der Waals surface area (Å²) >= 11 is 1.90. The minimum Gasteiger partial charge on any atom is -0.310 e. The second kappa shape index (κ2) is 9.33. The Balaban J connectivity index is 1.13. The zero-order chi connectivity index (χ0) is 30.0. The predicted molar refractivity (Wildman–Crippen MR) is 195 cm³/mol. The number of hydrogen-bond donors (Lipinski definition) is 0. The van der Waals surface area contributed by atoms with E-state index < -0.39 is 0 Å². The molecule has 222 valence electrons. The molecular weight excluding hydrogens is 575 g/mol.